The molecular weight excluding hydrogens is 246 g/mol. The quantitative estimate of drug-likeness (QED) is 0.903. The van der Waals surface area contributed by atoms with Crippen LogP contribution in [0.4, 0.5) is 0 Å². The molecule has 3 heteroatoms. The Hall–Kier alpha value is -0.730. The molecule has 0 saturated heterocycles. The molecule has 0 aromatic heterocycles. The number of rotatable bonds is 4. The molecule has 0 atom stereocenters. The predicted molar refractivity (Wildman–Crippen MR) is 74.6 cm³/mol. The van der Waals surface area contributed by atoms with E-state index in [1.54, 1.807) is 7.11 Å². The zero-order valence-electron chi connectivity index (χ0n) is 10.8. The number of hydrogen-bond acceptors (Lipinski definition) is 2. The SMILES string of the molecule is COc1cc(C2(CN)CCC2)cc(Cl)c1C1CC1. The first kappa shape index (κ1) is 12.3. The summed E-state index contributed by atoms with van der Waals surface area (Å²) in [5.74, 6) is 1.57. The van der Waals surface area contributed by atoms with E-state index < -0.39 is 0 Å². The van der Waals surface area contributed by atoms with E-state index in [1.165, 1.54) is 43.2 Å². The maximum absolute atomic E-state index is 6.47. The molecule has 0 aliphatic heterocycles. The van der Waals surface area contributed by atoms with Gasteiger partial charge in [-0.3, -0.25) is 0 Å². The van der Waals surface area contributed by atoms with Crippen LogP contribution in [0.3, 0.4) is 0 Å². The van der Waals surface area contributed by atoms with Crippen molar-refractivity contribution in [1.82, 2.24) is 0 Å². The molecule has 18 heavy (non-hydrogen) atoms. The van der Waals surface area contributed by atoms with E-state index in [4.69, 9.17) is 22.1 Å². The normalized spacial score (nSPS) is 21.5. The number of ether oxygens (including phenoxy) is 1. The van der Waals surface area contributed by atoms with Crippen LogP contribution >= 0.6 is 11.6 Å². The van der Waals surface area contributed by atoms with E-state index in [-0.39, 0.29) is 5.41 Å². The molecule has 98 valence electrons. The van der Waals surface area contributed by atoms with Crippen molar-refractivity contribution in [1.29, 1.82) is 0 Å². The van der Waals surface area contributed by atoms with Crippen molar-refractivity contribution in [2.24, 2.45) is 5.73 Å². The van der Waals surface area contributed by atoms with E-state index in [9.17, 15) is 0 Å². The van der Waals surface area contributed by atoms with Gasteiger partial charge in [0.2, 0.25) is 0 Å². The second-order valence-corrected chi connectivity index (χ2v) is 6.09. The highest BCUT2D eigenvalue weighted by Crippen LogP contribution is 2.51. The van der Waals surface area contributed by atoms with Crippen LogP contribution in [0.15, 0.2) is 12.1 Å². The third-order valence-electron chi connectivity index (χ3n) is 4.61. The van der Waals surface area contributed by atoms with Gasteiger partial charge in [-0.15, -0.1) is 0 Å². The Morgan fingerprint density at radius 3 is 2.56 bits per heavy atom. The number of methoxy groups -OCH3 is 1. The number of hydrogen-bond donors (Lipinski definition) is 1. The van der Waals surface area contributed by atoms with Crippen molar-refractivity contribution in [2.45, 2.75) is 43.4 Å². The van der Waals surface area contributed by atoms with Gasteiger partial charge < -0.3 is 10.5 Å². The van der Waals surface area contributed by atoms with Crippen molar-refractivity contribution >= 4 is 11.6 Å². The van der Waals surface area contributed by atoms with E-state index in [0.29, 0.717) is 12.5 Å². The molecule has 0 bridgehead atoms. The van der Waals surface area contributed by atoms with Crippen molar-refractivity contribution in [2.75, 3.05) is 13.7 Å². The van der Waals surface area contributed by atoms with Gasteiger partial charge in [0.1, 0.15) is 5.75 Å². The van der Waals surface area contributed by atoms with E-state index >= 15 is 0 Å². The minimum absolute atomic E-state index is 0.152. The Morgan fingerprint density at radius 1 is 1.39 bits per heavy atom. The van der Waals surface area contributed by atoms with Gasteiger partial charge in [-0.05, 0) is 49.3 Å². The molecule has 0 amide bonds. The van der Waals surface area contributed by atoms with E-state index in [1.807, 2.05) is 0 Å². The summed E-state index contributed by atoms with van der Waals surface area (Å²) in [6.45, 7) is 0.704. The lowest BCUT2D eigenvalue weighted by Crippen LogP contribution is -2.41. The second-order valence-electron chi connectivity index (χ2n) is 5.69. The molecule has 1 aromatic rings. The Labute approximate surface area is 113 Å². The Kier molecular flexibility index (Phi) is 3.03. The van der Waals surface area contributed by atoms with Gasteiger partial charge in [-0.25, -0.2) is 0 Å². The topological polar surface area (TPSA) is 35.2 Å². The molecule has 0 spiro atoms. The highest BCUT2D eigenvalue weighted by atomic mass is 35.5. The number of halogens is 1. The summed E-state index contributed by atoms with van der Waals surface area (Å²) in [6, 6.07) is 4.30. The average molecular weight is 266 g/mol. The lowest BCUT2D eigenvalue weighted by Gasteiger charge is -2.42. The van der Waals surface area contributed by atoms with Gasteiger partial charge in [0.15, 0.2) is 0 Å². The van der Waals surface area contributed by atoms with E-state index in [2.05, 4.69) is 12.1 Å². The molecule has 2 aliphatic carbocycles. The van der Waals surface area contributed by atoms with Crippen molar-refractivity contribution in [3.8, 4) is 5.75 Å². The molecule has 2 nitrogen and oxygen atoms in total. The Balaban J connectivity index is 2.04. The van der Waals surface area contributed by atoms with Crippen molar-refractivity contribution in [3.05, 3.63) is 28.3 Å². The predicted octanol–water partition coefficient (Wildman–Crippen LogP) is 3.61. The summed E-state index contributed by atoms with van der Waals surface area (Å²) < 4.78 is 5.55. The molecule has 0 unspecified atom stereocenters. The minimum atomic E-state index is 0.152. The summed E-state index contributed by atoms with van der Waals surface area (Å²) in [4.78, 5) is 0. The van der Waals surface area contributed by atoms with Crippen LogP contribution in [0.25, 0.3) is 0 Å². The van der Waals surface area contributed by atoms with Gasteiger partial charge in [-0.1, -0.05) is 18.0 Å². The van der Waals surface area contributed by atoms with Gasteiger partial charge in [0.05, 0.1) is 7.11 Å². The average Bonchev–Trinajstić information content (AvgIpc) is 3.11. The molecule has 1 aromatic carbocycles. The number of nitrogens with two attached hydrogens (primary N) is 1. The fraction of sp³-hybridized carbons (Fsp3) is 0.600. The smallest absolute Gasteiger partial charge is 0.124 e. The monoisotopic (exact) mass is 265 g/mol. The van der Waals surface area contributed by atoms with Gasteiger partial charge >= 0.3 is 0 Å². The van der Waals surface area contributed by atoms with Crippen LogP contribution in [0.5, 0.6) is 5.75 Å². The molecule has 0 radical (unpaired) electrons. The van der Waals surface area contributed by atoms with Gasteiger partial charge in [0, 0.05) is 22.5 Å². The largest absolute Gasteiger partial charge is 0.496 e. The molecule has 3 rings (SSSR count). The van der Waals surface area contributed by atoms with Crippen molar-refractivity contribution < 1.29 is 4.74 Å². The standard InChI is InChI=1S/C15H20ClNO/c1-18-13-8-11(15(9-17)5-2-6-15)7-12(16)14(13)10-3-4-10/h7-8,10H,2-6,9,17H2,1H3. The zero-order chi connectivity index (χ0) is 12.8. The summed E-state index contributed by atoms with van der Waals surface area (Å²) in [5.41, 5.74) is 8.59. The maximum Gasteiger partial charge on any atom is 0.124 e. The zero-order valence-corrected chi connectivity index (χ0v) is 11.6. The summed E-state index contributed by atoms with van der Waals surface area (Å²) in [5, 5.41) is 0.867. The van der Waals surface area contributed by atoms with Gasteiger partial charge in [0.25, 0.3) is 0 Å². The summed E-state index contributed by atoms with van der Waals surface area (Å²) in [6.07, 6.45) is 6.08. The molecule has 2 saturated carbocycles. The molecular formula is C15H20ClNO. The van der Waals surface area contributed by atoms with Crippen LogP contribution in [0, 0.1) is 0 Å². The highest BCUT2D eigenvalue weighted by molar-refractivity contribution is 6.31. The first-order chi connectivity index (χ1) is 8.70. The highest BCUT2D eigenvalue weighted by Gasteiger charge is 2.39. The second kappa shape index (κ2) is 4.43. The Morgan fingerprint density at radius 2 is 2.11 bits per heavy atom. The summed E-state index contributed by atoms with van der Waals surface area (Å²) in [7, 11) is 1.73. The van der Waals surface area contributed by atoms with E-state index in [0.717, 1.165) is 10.8 Å². The molecule has 2 fully saturated rings. The molecule has 2 N–H and O–H groups in total. The maximum atomic E-state index is 6.47. The van der Waals surface area contributed by atoms with Crippen LogP contribution in [0.1, 0.15) is 49.1 Å². The molecule has 0 heterocycles. The summed E-state index contributed by atoms with van der Waals surface area (Å²) >= 11 is 6.47. The first-order valence-corrected chi connectivity index (χ1v) is 7.16. The van der Waals surface area contributed by atoms with Crippen LogP contribution in [0.2, 0.25) is 5.02 Å². The fourth-order valence-corrected chi connectivity index (χ4v) is 3.42. The lowest BCUT2D eigenvalue weighted by atomic mass is 9.64. The first-order valence-electron chi connectivity index (χ1n) is 6.78. The minimum Gasteiger partial charge on any atom is -0.496 e. The third kappa shape index (κ3) is 1.83. The van der Waals surface area contributed by atoms with Gasteiger partial charge in [-0.2, -0.15) is 0 Å². The Bertz CT molecular complexity index is 458. The molecule has 2 aliphatic rings. The van der Waals surface area contributed by atoms with Crippen LogP contribution < -0.4 is 10.5 Å². The van der Waals surface area contributed by atoms with Crippen molar-refractivity contribution in [3.63, 3.8) is 0 Å². The van der Waals surface area contributed by atoms with Crippen LogP contribution in [-0.2, 0) is 5.41 Å². The number of benzene rings is 1. The fourth-order valence-electron chi connectivity index (χ4n) is 3.05. The van der Waals surface area contributed by atoms with Crippen LogP contribution in [-0.4, -0.2) is 13.7 Å². The third-order valence-corrected chi connectivity index (χ3v) is 4.92. The lowest BCUT2D eigenvalue weighted by molar-refractivity contribution is 0.252.